The average Bonchev–Trinajstić information content (AvgIpc) is 3.26. The maximum atomic E-state index is 14.0. The van der Waals surface area contributed by atoms with Gasteiger partial charge in [0, 0.05) is 16.9 Å². The molecule has 6 nitrogen and oxygen atoms in total. The predicted octanol–water partition coefficient (Wildman–Crippen LogP) is 4.22. The zero-order chi connectivity index (χ0) is 23.2. The summed E-state index contributed by atoms with van der Waals surface area (Å²) in [5.41, 5.74) is 4.72. The van der Waals surface area contributed by atoms with Crippen LogP contribution in [0.5, 0.6) is 0 Å². The molecule has 1 spiro atoms. The van der Waals surface area contributed by atoms with E-state index in [1.165, 1.54) is 16.7 Å². The number of thioether (sulfide) groups is 1. The van der Waals surface area contributed by atoms with Crippen molar-refractivity contribution in [3.8, 4) is 0 Å². The minimum atomic E-state index is -1.22. The summed E-state index contributed by atoms with van der Waals surface area (Å²) in [7, 11) is 0. The van der Waals surface area contributed by atoms with Gasteiger partial charge in [-0.2, -0.15) is 0 Å². The Balaban J connectivity index is 1.53. The lowest BCUT2D eigenvalue weighted by Crippen LogP contribution is -2.50. The summed E-state index contributed by atoms with van der Waals surface area (Å²) in [4.78, 5) is 41.9. The smallest absolute Gasteiger partial charge is 0.269 e. The van der Waals surface area contributed by atoms with Crippen molar-refractivity contribution in [2.24, 2.45) is 0 Å². The van der Waals surface area contributed by atoms with Gasteiger partial charge in [-0.3, -0.25) is 24.2 Å². The molecule has 2 heterocycles. The van der Waals surface area contributed by atoms with Crippen molar-refractivity contribution < 1.29 is 14.4 Å². The molecule has 1 atom stereocenters. The van der Waals surface area contributed by atoms with Crippen molar-refractivity contribution in [3.05, 3.63) is 89.5 Å². The van der Waals surface area contributed by atoms with Gasteiger partial charge in [0.25, 0.3) is 5.91 Å². The van der Waals surface area contributed by atoms with Gasteiger partial charge >= 0.3 is 0 Å². The Morgan fingerprint density at radius 3 is 2.55 bits per heavy atom. The highest BCUT2D eigenvalue weighted by molar-refractivity contribution is 8.02. The van der Waals surface area contributed by atoms with Gasteiger partial charge in [-0.25, -0.2) is 0 Å². The van der Waals surface area contributed by atoms with Crippen LogP contribution < -0.4 is 15.1 Å². The molecule has 0 aromatic heterocycles. The van der Waals surface area contributed by atoms with Crippen LogP contribution in [0.1, 0.15) is 16.7 Å². The number of fused-ring (bicyclic) bond motifs is 2. The van der Waals surface area contributed by atoms with Crippen LogP contribution in [0.4, 0.5) is 17.1 Å². The lowest BCUT2D eigenvalue weighted by atomic mass is 10.0. The van der Waals surface area contributed by atoms with E-state index in [4.69, 9.17) is 0 Å². The fourth-order valence-electron chi connectivity index (χ4n) is 4.53. The highest BCUT2D eigenvalue weighted by Crippen LogP contribution is 2.55. The fourth-order valence-corrected chi connectivity index (χ4v) is 5.89. The number of nitrogens with zero attached hydrogens (tertiary/aromatic N) is 2. The zero-order valence-electron chi connectivity index (χ0n) is 18.4. The lowest BCUT2D eigenvalue weighted by molar-refractivity contribution is -0.124. The molecule has 2 aliphatic heterocycles. The Morgan fingerprint density at radius 1 is 1.00 bits per heavy atom. The molecule has 3 aromatic carbocycles. The van der Waals surface area contributed by atoms with Gasteiger partial charge in [0.05, 0.1) is 11.4 Å². The van der Waals surface area contributed by atoms with Crippen molar-refractivity contribution >= 4 is 46.5 Å². The van der Waals surface area contributed by atoms with E-state index in [-0.39, 0.29) is 30.0 Å². The third-order valence-electron chi connectivity index (χ3n) is 6.04. The number of carbonyl (C=O) groups excluding carboxylic acids is 3. The summed E-state index contributed by atoms with van der Waals surface area (Å²) in [6, 6.07) is 22.5. The molecule has 3 amide bonds. The van der Waals surface area contributed by atoms with Crippen LogP contribution in [0.2, 0.25) is 0 Å². The van der Waals surface area contributed by atoms with Crippen molar-refractivity contribution in [1.29, 1.82) is 0 Å². The fraction of sp³-hybridized carbons (Fsp3) is 0.192. The highest BCUT2D eigenvalue weighted by Gasteiger charge is 2.61. The van der Waals surface area contributed by atoms with E-state index in [1.54, 1.807) is 4.90 Å². The molecular weight excluding hydrogens is 434 g/mol. The van der Waals surface area contributed by atoms with Crippen LogP contribution in [0.3, 0.4) is 0 Å². The maximum absolute atomic E-state index is 14.0. The molecule has 3 aromatic rings. The lowest BCUT2D eigenvalue weighted by Gasteiger charge is -2.33. The van der Waals surface area contributed by atoms with Crippen LogP contribution in [0, 0.1) is 13.8 Å². The molecule has 0 bridgehead atoms. The van der Waals surface area contributed by atoms with E-state index in [0.29, 0.717) is 17.1 Å². The molecule has 0 aliphatic carbocycles. The van der Waals surface area contributed by atoms with Gasteiger partial charge < -0.3 is 5.32 Å². The average molecular weight is 458 g/mol. The number of aryl methyl sites for hydroxylation is 2. The molecular formula is C26H23N3O3S. The van der Waals surface area contributed by atoms with Gasteiger partial charge in [-0.15, -0.1) is 11.8 Å². The molecule has 7 heteroatoms. The second kappa shape index (κ2) is 8.08. The second-order valence-corrected chi connectivity index (χ2v) is 9.44. The number of amides is 3. The monoisotopic (exact) mass is 457 g/mol. The molecule has 1 saturated heterocycles. The maximum Gasteiger partial charge on any atom is 0.269 e. The van der Waals surface area contributed by atoms with Crippen LogP contribution in [-0.2, 0) is 19.3 Å². The molecule has 0 unspecified atom stereocenters. The first kappa shape index (κ1) is 21.3. The Kier molecular flexibility index (Phi) is 5.21. The first-order chi connectivity index (χ1) is 15.9. The Hall–Kier alpha value is -3.58. The largest absolute Gasteiger partial charge is 0.324 e. The first-order valence-corrected chi connectivity index (χ1v) is 11.7. The normalized spacial score (nSPS) is 19.3. The quantitative estimate of drug-likeness (QED) is 0.637. The van der Waals surface area contributed by atoms with Gasteiger partial charge in [0.2, 0.25) is 16.7 Å². The van der Waals surface area contributed by atoms with E-state index in [0.717, 1.165) is 16.7 Å². The standard InChI is InChI=1S/C26H23N3O3S/c1-17-8-7-10-19(14-17)29-24(31)16-33-26(29)20-11-4-6-13-22(20)28(25(26)32)15-23(30)27-21-12-5-3-9-18(21)2/h3-14H,15-16H2,1-2H3,(H,27,30)/t26-/m0/s1. The Bertz CT molecular complexity index is 1290. The second-order valence-electron chi connectivity index (χ2n) is 8.27. The number of para-hydroxylation sites is 2. The topological polar surface area (TPSA) is 69.7 Å². The van der Waals surface area contributed by atoms with Gasteiger partial charge in [0.1, 0.15) is 6.54 Å². The number of nitrogens with one attached hydrogen (secondary N) is 1. The van der Waals surface area contributed by atoms with E-state index >= 15 is 0 Å². The number of hydrogen-bond donors (Lipinski definition) is 1. The van der Waals surface area contributed by atoms with Crippen molar-refractivity contribution in [2.75, 3.05) is 27.4 Å². The summed E-state index contributed by atoms with van der Waals surface area (Å²) in [6.07, 6.45) is 0. The van der Waals surface area contributed by atoms with Crippen LogP contribution in [0.15, 0.2) is 72.8 Å². The van der Waals surface area contributed by atoms with Crippen molar-refractivity contribution in [2.45, 2.75) is 18.7 Å². The third kappa shape index (κ3) is 3.40. The zero-order valence-corrected chi connectivity index (χ0v) is 19.2. The number of benzene rings is 3. The van der Waals surface area contributed by atoms with Gasteiger partial charge in [0.15, 0.2) is 0 Å². The van der Waals surface area contributed by atoms with Crippen molar-refractivity contribution in [1.82, 2.24) is 0 Å². The van der Waals surface area contributed by atoms with Crippen LogP contribution >= 0.6 is 11.8 Å². The molecule has 1 fully saturated rings. The summed E-state index contributed by atoms with van der Waals surface area (Å²) in [6.45, 7) is 3.74. The highest BCUT2D eigenvalue weighted by atomic mass is 32.2. The summed E-state index contributed by atoms with van der Waals surface area (Å²) < 4.78 is 0. The number of anilines is 3. The summed E-state index contributed by atoms with van der Waals surface area (Å²) in [5.74, 6) is -0.501. The molecule has 0 radical (unpaired) electrons. The minimum absolute atomic E-state index is 0.125. The molecule has 0 saturated carbocycles. The number of rotatable bonds is 4. The summed E-state index contributed by atoms with van der Waals surface area (Å²) >= 11 is 1.31. The number of hydrogen-bond acceptors (Lipinski definition) is 4. The molecule has 166 valence electrons. The predicted molar refractivity (Wildman–Crippen MR) is 131 cm³/mol. The Labute approximate surface area is 196 Å². The van der Waals surface area contributed by atoms with E-state index in [9.17, 15) is 14.4 Å². The summed E-state index contributed by atoms with van der Waals surface area (Å²) in [5, 5.41) is 2.91. The SMILES string of the molecule is Cc1cccc(N2C(=O)CS[C@@]23C(=O)N(CC(=O)Nc2ccccc2C)c2ccccc23)c1. The van der Waals surface area contributed by atoms with Gasteiger partial charge in [-0.05, 0) is 49.2 Å². The van der Waals surface area contributed by atoms with E-state index < -0.39 is 4.87 Å². The Morgan fingerprint density at radius 2 is 1.76 bits per heavy atom. The third-order valence-corrected chi connectivity index (χ3v) is 7.43. The molecule has 33 heavy (non-hydrogen) atoms. The minimum Gasteiger partial charge on any atom is -0.324 e. The number of carbonyl (C=O) groups is 3. The molecule has 2 aliphatic rings. The van der Waals surface area contributed by atoms with Crippen molar-refractivity contribution in [3.63, 3.8) is 0 Å². The van der Waals surface area contributed by atoms with Crippen LogP contribution in [0.25, 0.3) is 0 Å². The molecule has 1 N–H and O–H groups in total. The molecule has 5 rings (SSSR count). The first-order valence-electron chi connectivity index (χ1n) is 10.7. The van der Waals surface area contributed by atoms with E-state index in [2.05, 4.69) is 5.32 Å². The van der Waals surface area contributed by atoms with Crippen LogP contribution in [-0.4, -0.2) is 30.0 Å². The van der Waals surface area contributed by atoms with Gasteiger partial charge in [-0.1, -0.05) is 48.5 Å². The van der Waals surface area contributed by atoms with E-state index in [1.807, 2.05) is 86.6 Å².